The van der Waals surface area contributed by atoms with E-state index >= 15 is 0 Å². The maximum absolute atomic E-state index is 11.9. The van der Waals surface area contributed by atoms with E-state index in [1.54, 1.807) is 25.1 Å². The predicted octanol–water partition coefficient (Wildman–Crippen LogP) is 0.856. The second kappa shape index (κ2) is 6.15. The van der Waals surface area contributed by atoms with Gasteiger partial charge in [0.05, 0.1) is 13.1 Å². The molecular weight excluding hydrogens is 216 g/mol. The van der Waals surface area contributed by atoms with Crippen LogP contribution in [-0.4, -0.2) is 43.8 Å². The largest absolute Gasteiger partial charge is 0.358 e. The van der Waals surface area contributed by atoms with Gasteiger partial charge in [-0.05, 0) is 20.0 Å². The summed E-state index contributed by atoms with van der Waals surface area (Å²) in [5, 5.41) is 2.53. The van der Waals surface area contributed by atoms with Gasteiger partial charge in [-0.1, -0.05) is 23.8 Å². The fourth-order valence-electron chi connectivity index (χ4n) is 1.54. The number of likely N-dealkylation sites (N-methyl/N-ethyl adjacent to an activating group) is 2. The Kier molecular flexibility index (Phi) is 4.84. The van der Waals surface area contributed by atoms with E-state index in [4.69, 9.17) is 0 Å². The minimum absolute atomic E-state index is 0.0279. The van der Waals surface area contributed by atoms with Crippen molar-refractivity contribution in [2.45, 2.75) is 6.92 Å². The van der Waals surface area contributed by atoms with Gasteiger partial charge in [0.15, 0.2) is 5.78 Å². The van der Waals surface area contributed by atoms with Crippen molar-refractivity contribution in [1.29, 1.82) is 0 Å². The first-order valence-corrected chi connectivity index (χ1v) is 5.52. The number of nitrogens with zero attached hydrogens (tertiary/aromatic N) is 1. The number of aryl methyl sites for hydroxylation is 1. The van der Waals surface area contributed by atoms with Crippen molar-refractivity contribution >= 4 is 11.7 Å². The summed E-state index contributed by atoms with van der Waals surface area (Å²) >= 11 is 0. The summed E-state index contributed by atoms with van der Waals surface area (Å²) in [6.45, 7) is 2.43. The lowest BCUT2D eigenvalue weighted by atomic mass is 10.1. The summed E-state index contributed by atoms with van der Waals surface area (Å²) in [6.07, 6.45) is 0. The van der Waals surface area contributed by atoms with E-state index in [2.05, 4.69) is 5.32 Å². The minimum atomic E-state index is -0.0930. The summed E-state index contributed by atoms with van der Waals surface area (Å²) in [6, 6.07) is 7.46. The molecule has 0 aliphatic rings. The molecule has 1 aromatic carbocycles. The second-order valence-electron chi connectivity index (χ2n) is 4.14. The van der Waals surface area contributed by atoms with Crippen molar-refractivity contribution in [2.24, 2.45) is 0 Å². The van der Waals surface area contributed by atoms with Crippen molar-refractivity contribution in [3.05, 3.63) is 35.4 Å². The number of benzene rings is 1. The lowest BCUT2D eigenvalue weighted by Crippen LogP contribution is -2.36. The van der Waals surface area contributed by atoms with Gasteiger partial charge >= 0.3 is 0 Å². The predicted molar refractivity (Wildman–Crippen MR) is 67.1 cm³/mol. The van der Waals surface area contributed by atoms with E-state index in [1.165, 1.54) is 0 Å². The maximum atomic E-state index is 11.9. The summed E-state index contributed by atoms with van der Waals surface area (Å²) in [5.74, 6) is -0.0651. The van der Waals surface area contributed by atoms with Crippen LogP contribution in [0.5, 0.6) is 0 Å². The Labute approximate surface area is 102 Å². The average molecular weight is 234 g/mol. The zero-order valence-corrected chi connectivity index (χ0v) is 10.5. The van der Waals surface area contributed by atoms with E-state index in [9.17, 15) is 9.59 Å². The van der Waals surface area contributed by atoms with Gasteiger partial charge in [-0.15, -0.1) is 0 Å². The SMILES string of the molecule is CNC(=O)CN(C)CC(=O)c1cccc(C)c1. The monoisotopic (exact) mass is 234 g/mol. The van der Waals surface area contributed by atoms with Crippen molar-refractivity contribution in [3.63, 3.8) is 0 Å². The van der Waals surface area contributed by atoms with Gasteiger partial charge < -0.3 is 5.32 Å². The molecule has 1 rings (SSSR count). The molecule has 0 heterocycles. The molecule has 0 saturated heterocycles. The van der Waals surface area contributed by atoms with Crippen LogP contribution >= 0.6 is 0 Å². The number of hydrogen-bond donors (Lipinski definition) is 1. The topological polar surface area (TPSA) is 49.4 Å². The molecule has 0 aliphatic carbocycles. The first-order chi connectivity index (χ1) is 8.02. The lowest BCUT2D eigenvalue weighted by Gasteiger charge is -2.14. The van der Waals surface area contributed by atoms with Gasteiger partial charge in [-0.2, -0.15) is 0 Å². The van der Waals surface area contributed by atoms with Crippen LogP contribution in [0, 0.1) is 6.92 Å². The van der Waals surface area contributed by atoms with Crippen LogP contribution in [0.4, 0.5) is 0 Å². The molecule has 0 radical (unpaired) electrons. The van der Waals surface area contributed by atoms with Crippen molar-refractivity contribution in [3.8, 4) is 0 Å². The third kappa shape index (κ3) is 4.36. The zero-order valence-electron chi connectivity index (χ0n) is 10.5. The van der Waals surface area contributed by atoms with Gasteiger partial charge in [0.25, 0.3) is 0 Å². The molecule has 0 bridgehead atoms. The number of carbonyl (C=O) groups is 2. The standard InChI is InChI=1S/C13H18N2O2/c1-10-5-4-6-11(7-10)12(16)8-15(3)9-13(17)14-2/h4-7H,8-9H2,1-3H3,(H,14,17). The molecule has 0 atom stereocenters. The third-order valence-electron chi connectivity index (χ3n) is 2.45. The van der Waals surface area contributed by atoms with Gasteiger partial charge in [0, 0.05) is 12.6 Å². The average Bonchev–Trinajstić information content (AvgIpc) is 2.28. The Balaban J connectivity index is 2.57. The van der Waals surface area contributed by atoms with E-state index in [-0.39, 0.29) is 24.8 Å². The number of Topliss-reactive ketones (excluding diaryl/α,β-unsaturated/α-hetero) is 1. The highest BCUT2D eigenvalue weighted by Crippen LogP contribution is 2.05. The molecule has 0 aromatic heterocycles. The molecule has 1 amide bonds. The van der Waals surface area contributed by atoms with Crippen LogP contribution in [0.2, 0.25) is 0 Å². The summed E-state index contributed by atoms with van der Waals surface area (Å²) in [5.41, 5.74) is 1.75. The molecule has 1 aromatic rings. The number of amides is 1. The number of nitrogens with one attached hydrogen (secondary N) is 1. The Morgan fingerprint density at radius 1 is 1.29 bits per heavy atom. The van der Waals surface area contributed by atoms with Crippen LogP contribution in [0.25, 0.3) is 0 Å². The number of carbonyl (C=O) groups excluding carboxylic acids is 2. The molecule has 17 heavy (non-hydrogen) atoms. The Morgan fingerprint density at radius 3 is 2.59 bits per heavy atom. The molecule has 0 unspecified atom stereocenters. The van der Waals surface area contributed by atoms with Crippen LogP contribution in [-0.2, 0) is 4.79 Å². The van der Waals surface area contributed by atoms with Crippen LogP contribution < -0.4 is 5.32 Å². The molecule has 0 fully saturated rings. The molecule has 1 N–H and O–H groups in total. The summed E-state index contributed by atoms with van der Waals surface area (Å²) < 4.78 is 0. The normalized spacial score (nSPS) is 10.4. The second-order valence-corrected chi connectivity index (χ2v) is 4.14. The summed E-state index contributed by atoms with van der Waals surface area (Å²) in [4.78, 5) is 24.7. The molecule has 4 heteroatoms. The maximum Gasteiger partial charge on any atom is 0.233 e. The summed E-state index contributed by atoms with van der Waals surface area (Å²) in [7, 11) is 3.33. The van der Waals surface area contributed by atoms with Crippen LogP contribution in [0.15, 0.2) is 24.3 Å². The molecule has 0 saturated carbocycles. The molecular formula is C13H18N2O2. The number of rotatable bonds is 5. The first-order valence-electron chi connectivity index (χ1n) is 5.52. The van der Waals surface area contributed by atoms with Gasteiger partial charge in [0.2, 0.25) is 5.91 Å². The smallest absolute Gasteiger partial charge is 0.233 e. The van der Waals surface area contributed by atoms with Crippen LogP contribution in [0.3, 0.4) is 0 Å². The van der Waals surface area contributed by atoms with E-state index in [0.29, 0.717) is 5.56 Å². The molecule has 4 nitrogen and oxygen atoms in total. The highest BCUT2D eigenvalue weighted by Gasteiger charge is 2.11. The van der Waals surface area contributed by atoms with Gasteiger partial charge in [0.1, 0.15) is 0 Å². The molecule has 0 spiro atoms. The minimum Gasteiger partial charge on any atom is -0.358 e. The molecule has 0 aliphatic heterocycles. The van der Waals surface area contributed by atoms with Crippen LogP contribution in [0.1, 0.15) is 15.9 Å². The fourth-order valence-corrected chi connectivity index (χ4v) is 1.54. The quantitative estimate of drug-likeness (QED) is 0.769. The highest BCUT2D eigenvalue weighted by atomic mass is 16.2. The van der Waals surface area contributed by atoms with E-state index < -0.39 is 0 Å². The third-order valence-corrected chi connectivity index (χ3v) is 2.45. The van der Waals surface area contributed by atoms with Gasteiger partial charge in [-0.25, -0.2) is 0 Å². The zero-order chi connectivity index (χ0) is 12.8. The van der Waals surface area contributed by atoms with E-state index in [1.807, 2.05) is 25.1 Å². The number of ketones is 1. The molecule has 92 valence electrons. The first kappa shape index (κ1) is 13.4. The fraction of sp³-hybridized carbons (Fsp3) is 0.385. The highest BCUT2D eigenvalue weighted by molar-refractivity contribution is 5.98. The Morgan fingerprint density at radius 2 is 2.00 bits per heavy atom. The van der Waals surface area contributed by atoms with Gasteiger partial charge in [-0.3, -0.25) is 14.5 Å². The van der Waals surface area contributed by atoms with Crippen molar-refractivity contribution in [1.82, 2.24) is 10.2 Å². The van der Waals surface area contributed by atoms with E-state index in [0.717, 1.165) is 5.56 Å². The number of hydrogen-bond acceptors (Lipinski definition) is 3. The Bertz CT molecular complexity index is 416. The van der Waals surface area contributed by atoms with Crippen molar-refractivity contribution in [2.75, 3.05) is 27.2 Å². The van der Waals surface area contributed by atoms with Crippen molar-refractivity contribution < 1.29 is 9.59 Å². The lowest BCUT2D eigenvalue weighted by molar-refractivity contribution is -0.121. The Hall–Kier alpha value is -1.68.